The van der Waals surface area contributed by atoms with Gasteiger partial charge in [-0.1, -0.05) is 11.8 Å². The fourth-order valence-electron chi connectivity index (χ4n) is 4.01. The number of anilines is 2. The van der Waals surface area contributed by atoms with Crippen LogP contribution in [0.25, 0.3) is 10.9 Å². The van der Waals surface area contributed by atoms with Crippen LogP contribution < -0.4 is 11.1 Å². The highest BCUT2D eigenvalue weighted by molar-refractivity contribution is 8.14. The van der Waals surface area contributed by atoms with Crippen LogP contribution in [0.1, 0.15) is 17.5 Å². The van der Waals surface area contributed by atoms with Gasteiger partial charge in [0.1, 0.15) is 29.6 Å². The van der Waals surface area contributed by atoms with E-state index in [0.29, 0.717) is 22.6 Å². The molecule has 2 aromatic heterocycles. The third-order valence-corrected chi connectivity index (χ3v) is 6.71. The number of benzene rings is 1. The minimum atomic E-state index is -1.30. The number of alkyl halides is 1. The SMILES string of the molecule is N#Cc1cnc2c(Nc3ccc(F)c([C@@]4(CF)N=C(N)SC5C[C@H]54)c3)nccc2c1. The van der Waals surface area contributed by atoms with Crippen LogP contribution in [0.5, 0.6) is 0 Å². The molecule has 3 N–H and O–H groups in total. The van der Waals surface area contributed by atoms with Gasteiger partial charge in [-0.15, -0.1) is 0 Å². The summed E-state index contributed by atoms with van der Waals surface area (Å²) in [7, 11) is 0. The number of thioether (sulfide) groups is 1. The first-order valence-corrected chi connectivity index (χ1v) is 10.2. The summed E-state index contributed by atoms with van der Waals surface area (Å²) in [5.74, 6) is -0.142. The summed E-state index contributed by atoms with van der Waals surface area (Å²) in [6.07, 6.45) is 3.82. The summed E-state index contributed by atoms with van der Waals surface area (Å²) in [4.78, 5) is 13.0. The largest absolute Gasteiger partial charge is 0.379 e. The third kappa shape index (κ3) is 2.95. The zero-order valence-electron chi connectivity index (χ0n) is 15.6. The van der Waals surface area contributed by atoms with E-state index in [1.165, 1.54) is 24.0 Å². The number of nitrogens with two attached hydrogens (primary N) is 1. The van der Waals surface area contributed by atoms with E-state index < -0.39 is 18.0 Å². The van der Waals surface area contributed by atoms with Crippen molar-refractivity contribution >= 4 is 39.3 Å². The number of nitriles is 1. The first-order chi connectivity index (χ1) is 14.5. The van der Waals surface area contributed by atoms with E-state index in [-0.39, 0.29) is 21.9 Å². The molecule has 1 aromatic carbocycles. The highest BCUT2D eigenvalue weighted by Gasteiger charge is 2.58. The Kier molecular flexibility index (Phi) is 4.33. The minimum Gasteiger partial charge on any atom is -0.379 e. The van der Waals surface area contributed by atoms with Crippen molar-refractivity contribution < 1.29 is 8.78 Å². The maximum absolute atomic E-state index is 14.8. The van der Waals surface area contributed by atoms with Crippen LogP contribution in [-0.4, -0.2) is 27.1 Å². The lowest BCUT2D eigenvalue weighted by molar-refractivity contribution is 0.272. The molecule has 9 heteroatoms. The predicted molar refractivity (Wildman–Crippen MR) is 113 cm³/mol. The normalized spacial score (nSPS) is 24.6. The van der Waals surface area contributed by atoms with E-state index in [1.807, 2.05) is 0 Å². The van der Waals surface area contributed by atoms with Crippen LogP contribution in [0.3, 0.4) is 0 Å². The quantitative estimate of drug-likeness (QED) is 0.659. The molecule has 3 heterocycles. The van der Waals surface area contributed by atoms with E-state index >= 15 is 0 Å². The summed E-state index contributed by atoms with van der Waals surface area (Å²) in [5, 5.41) is 13.4. The monoisotopic (exact) mass is 422 g/mol. The van der Waals surface area contributed by atoms with E-state index in [2.05, 4.69) is 26.3 Å². The molecule has 150 valence electrons. The number of hydrogen-bond acceptors (Lipinski definition) is 7. The number of pyridine rings is 2. The molecular weight excluding hydrogens is 406 g/mol. The lowest BCUT2D eigenvalue weighted by Gasteiger charge is -2.31. The van der Waals surface area contributed by atoms with Gasteiger partial charge in [0.05, 0.1) is 5.56 Å². The van der Waals surface area contributed by atoms with E-state index in [0.717, 1.165) is 11.8 Å². The van der Waals surface area contributed by atoms with Crippen molar-refractivity contribution in [2.45, 2.75) is 17.2 Å². The Labute approximate surface area is 175 Å². The lowest BCUT2D eigenvalue weighted by Crippen LogP contribution is -2.36. The van der Waals surface area contributed by atoms with E-state index in [9.17, 15) is 8.78 Å². The number of halogens is 2. The summed E-state index contributed by atoms with van der Waals surface area (Å²) in [6, 6.07) is 9.96. The molecule has 1 unspecified atom stereocenters. The van der Waals surface area contributed by atoms with Gasteiger partial charge in [-0.2, -0.15) is 5.26 Å². The second kappa shape index (κ2) is 6.92. The Bertz CT molecular complexity index is 1240. The van der Waals surface area contributed by atoms with Gasteiger partial charge in [-0.25, -0.2) is 18.8 Å². The Balaban J connectivity index is 1.56. The fraction of sp³-hybridized carbons (Fsp3) is 0.238. The first-order valence-electron chi connectivity index (χ1n) is 9.34. The molecule has 1 aliphatic heterocycles. The average Bonchev–Trinajstić information content (AvgIpc) is 3.54. The molecule has 30 heavy (non-hydrogen) atoms. The number of nitrogens with zero attached hydrogens (tertiary/aromatic N) is 4. The number of rotatable bonds is 4. The molecule has 3 aromatic rings. The van der Waals surface area contributed by atoms with Gasteiger partial charge in [0.2, 0.25) is 0 Å². The van der Waals surface area contributed by atoms with E-state index in [1.54, 1.807) is 30.5 Å². The first kappa shape index (κ1) is 18.8. The molecular formula is C21H16F2N6S. The number of aliphatic imine (C=N–C) groups is 1. The van der Waals surface area contributed by atoms with Crippen molar-refractivity contribution in [2.75, 3.05) is 12.0 Å². The number of hydrogen-bond donors (Lipinski definition) is 2. The maximum Gasteiger partial charge on any atom is 0.156 e. The smallest absolute Gasteiger partial charge is 0.156 e. The standard InChI is InChI=1S/C21H16F2N6S/c22-10-21(15-7-17(15)30-20(25)29-21)14-6-13(1-2-16(14)23)28-19-18-12(3-4-26-19)5-11(8-24)9-27-18/h1-6,9,15,17H,7,10H2,(H2,25,29)(H,26,28)/t15-,17?,21-/m1/s1. The molecule has 3 atom stereocenters. The van der Waals surface area contributed by atoms with Gasteiger partial charge in [0.25, 0.3) is 0 Å². The van der Waals surface area contributed by atoms with E-state index in [4.69, 9.17) is 11.0 Å². The van der Waals surface area contributed by atoms with Crippen molar-refractivity contribution in [1.29, 1.82) is 5.26 Å². The second-order valence-corrected chi connectivity index (χ2v) is 8.65. The summed E-state index contributed by atoms with van der Waals surface area (Å²) in [6.45, 7) is -0.819. The van der Waals surface area contributed by atoms with Gasteiger partial charge in [-0.05, 0) is 36.8 Å². The number of fused-ring (bicyclic) bond motifs is 2. The lowest BCUT2D eigenvalue weighted by atomic mass is 9.86. The molecule has 0 bridgehead atoms. The van der Waals surface area contributed by atoms with Crippen LogP contribution in [0.4, 0.5) is 20.3 Å². The topological polar surface area (TPSA) is 100.0 Å². The molecule has 0 spiro atoms. The second-order valence-electron chi connectivity index (χ2n) is 7.39. The maximum atomic E-state index is 14.8. The third-order valence-electron chi connectivity index (χ3n) is 5.55. The molecule has 1 aliphatic carbocycles. The molecule has 2 aliphatic rings. The Morgan fingerprint density at radius 3 is 2.97 bits per heavy atom. The zero-order chi connectivity index (χ0) is 20.9. The van der Waals surface area contributed by atoms with Crippen LogP contribution in [0, 0.1) is 23.1 Å². The molecule has 0 radical (unpaired) electrons. The number of aromatic nitrogens is 2. The summed E-state index contributed by atoms with van der Waals surface area (Å²) >= 11 is 1.43. The minimum absolute atomic E-state index is 0.0775. The van der Waals surface area contributed by atoms with Crippen molar-refractivity contribution in [3.05, 3.63) is 59.7 Å². The predicted octanol–water partition coefficient (Wildman–Crippen LogP) is 4.00. The number of amidine groups is 1. The molecule has 1 saturated carbocycles. The zero-order valence-corrected chi connectivity index (χ0v) is 16.5. The summed E-state index contributed by atoms with van der Waals surface area (Å²) < 4.78 is 29.1. The van der Waals surface area contributed by atoms with Crippen LogP contribution in [0.15, 0.2) is 47.7 Å². The molecule has 1 fully saturated rings. The van der Waals surface area contributed by atoms with Crippen LogP contribution in [0.2, 0.25) is 0 Å². The van der Waals surface area contributed by atoms with Crippen LogP contribution >= 0.6 is 11.8 Å². The molecule has 0 amide bonds. The van der Waals surface area contributed by atoms with Crippen molar-refractivity contribution in [1.82, 2.24) is 9.97 Å². The number of nitrogens with one attached hydrogen (secondary N) is 1. The van der Waals surface area contributed by atoms with Gasteiger partial charge < -0.3 is 11.1 Å². The highest BCUT2D eigenvalue weighted by Crippen LogP contribution is 2.58. The molecule has 6 nitrogen and oxygen atoms in total. The average molecular weight is 422 g/mol. The highest BCUT2D eigenvalue weighted by atomic mass is 32.2. The van der Waals surface area contributed by atoms with Crippen molar-refractivity contribution in [3.63, 3.8) is 0 Å². The van der Waals surface area contributed by atoms with Gasteiger partial charge in [-0.3, -0.25) is 4.98 Å². The fourth-order valence-corrected chi connectivity index (χ4v) is 5.23. The van der Waals surface area contributed by atoms with Crippen molar-refractivity contribution in [2.24, 2.45) is 16.6 Å². The Hall–Kier alpha value is -3.25. The van der Waals surface area contributed by atoms with Gasteiger partial charge in [0.15, 0.2) is 11.0 Å². The van der Waals surface area contributed by atoms with Crippen LogP contribution in [-0.2, 0) is 5.54 Å². The molecule has 0 saturated heterocycles. The van der Waals surface area contributed by atoms with Crippen molar-refractivity contribution in [3.8, 4) is 6.07 Å². The Morgan fingerprint density at radius 1 is 1.30 bits per heavy atom. The van der Waals surface area contributed by atoms with Gasteiger partial charge in [0, 0.05) is 40.2 Å². The Morgan fingerprint density at radius 2 is 2.17 bits per heavy atom. The summed E-state index contributed by atoms with van der Waals surface area (Å²) in [5.41, 5.74) is 6.34. The van der Waals surface area contributed by atoms with Gasteiger partial charge >= 0.3 is 0 Å². The molecule has 5 rings (SSSR count).